The Morgan fingerprint density at radius 3 is 3.00 bits per heavy atom. The highest BCUT2D eigenvalue weighted by molar-refractivity contribution is 5.27. The summed E-state index contributed by atoms with van der Waals surface area (Å²) in [6, 6.07) is 3.42. The van der Waals surface area contributed by atoms with Crippen LogP contribution in [-0.4, -0.2) is 23.0 Å². The summed E-state index contributed by atoms with van der Waals surface area (Å²) in [6.45, 7) is 4.54. The van der Waals surface area contributed by atoms with Crippen molar-refractivity contribution in [1.82, 2.24) is 9.88 Å². The van der Waals surface area contributed by atoms with E-state index < -0.39 is 0 Å². The molecule has 1 aromatic rings. The molecule has 2 heterocycles. The number of nitrogens with one attached hydrogen (secondary N) is 1. The Hall–Kier alpha value is -0.760. The van der Waals surface area contributed by atoms with Crippen molar-refractivity contribution in [2.24, 2.45) is 0 Å². The van der Waals surface area contributed by atoms with Gasteiger partial charge in [0.1, 0.15) is 0 Å². The third kappa shape index (κ3) is 0.985. The van der Waals surface area contributed by atoms with E-state index in [1.54, 1.807) is 0 Å². The SMILES string of the molecule is C[C@@H]1Cc2[nH]ccc2[C@H](C)N1C. The minimum absolute atomic E-state index is 0.565. The molecule has 1 aromatic heterocycles. The van der Waals surface area contributed by atoms with E-state index in [4.69, 9.17) is 0 Å². The minimum atomic E-state index is 0.565. The number of likely N-dealkylation sites (N-methyl/N-ethyl adjacent to an activating group) is 1. The van der Waals surface area contributed by atoms with E-state index in [1.165, 1.54) is 11.3 Å². The van der Waals surface area contributed by atoms with Crippen molar-refractivity contribution in [3.63, 3.8) is 0 Å². The molecule has 0 spiro atoms. The second-order valence-electron chi connectivity index (χ2n) is 3.81. The zero-order valence-electron chi connectivity index (χ0n) is 7.96. The van der Waals surface area contributed by atoms with Crippen LogP contribution in [0.15, 0.2) is 12.3 Å². The van der Waals surface area contributed by atoms with Crippen LogP contribution in [0.25, 0.3) is 0 Å². The van der Waals surface area contributed by atoms with Gasteiger partial charge in [0.15, 0.2) is 0 Å². The first-order chi connectivity index (χ1) is 5.70. The van der Waals surface area contributed by atoms with Gasteiger partial charge in [-0.1, -0.05) is 0 Å². The topological polar surface area (TPSA) is 19.0 Å². The minimum Gasteiger partial charge on any atom is -0.365 e. The molecule has 2 nitrogen and oxygen atoms in total. The van der Waals surface area contributed by atoms with Crippen LogP contribution in [0, 0.1) is 0 Å². The fourth-order valence-electron chi connectivity index (χ4n) is 2.02. The molecular weight excluding hydrogens is 148 g/mol. The fourth-order valence-corrected chi connectivity index (χ4v) is 2.02. The lowest BCUT2D eigenvalue weighted by molar-refractivity contribution is 0.178. The van der Waals surface area contributed by atoms with Crippen molar-refractivity contribution >= 4 is 0 Å². The molecule has 1 N–H and O–H groups in total. The summed E-state index contributed by atoms with van der Waals surface area (Å²) in [5.74, 6) is 0. The van der Waals surface area contributed by atoms with Crippen molar-refractivity contribution < 1.29 is 0 Å². The van der Waals surface area contributed by atoms with Gasteiger partial charge in [0.05, 0.1) is 0 Å². The molecule has 1 aliphatic rings. The molecule has 0 unspecified atom stereocenters. The highest BCUT2D eigenvalue weighted by Gasteiger charge is 2.26. The maximum atomic E-state index is 3.31. The average molecular weight is 164 g/mol. The van der Waals surface area contributed by atoms with Crippen LogP contribution < -0.4 is 0 Å². The summed E-state index contributed by atoms with van der Waals surface area (Å²) in [4.78, 5) is 5.74. The number of aromatic nitrogens is 1. The van der Waals surface area contributed by atoms with Gasteiger partial charge in [-0.25, -0.2) is 0 Å². The summed E-state index contributed by atoms with van der Waals surface area (Å²) in [7, 11) is 2.20. The molecule has 66 valence electrons. The zero-order chi connectivity index (χ0) is 8.72. The molecule has 0 fully saturated rings. The maximum absolute atomic E-state index is 3.31. The predicted octanol–water partition coefficient (Wildman–Crippen LogP) is 1.95. The molecule has 2 atom stereocenters. The van der Waals surface area contributed by atoms with Gasteiger partial charge in [-0.15, -0.1) is 0 Å². The van der Waals surface area contributed by atoms with Crippen LogP contribution in [-0.2, 0) is 6.42 Å². The molecule has 2 rings (SSSR count). The van der Waals surface area contributed by atoms with Gasteiger partial charge < -0.3 is 4.98 Å². The van der Waals surface area contributed by atoms with Crippen LogP contribution in [0.4, 0.5) is 0 Å². The summed E-state index contributed by atoms with van der Waals surface area (Å²) < 4.78 is 0. The molecule has 1 aliphatic heterocycles. The van der Waals surface area contributed by atoms with Crippen molar-refractivity contribution in [3.05, 3.63) is 23.5 Å². The quantitative estimate of drug-likeness (QED) is 0.621. The first kappa shape index (κ1) is 7.87. The van der Waals surface area contributed by atoms with Crippen molar-refractivity contribution in [3.8, 4) is 0 Å². The van der Waals surface area contributed by atoms with E-state index in [2.05, 4.69) is 36.8 Å². The fraction of sp³-hybridized carbons (Fsp3) is 0.600. The van der Waals surface area contributed by atoms with E-state index in [9.17, 15) is 0 Å². The second kappa shape index (κ2) is 2.63. The molecule has 2 heteroatoms. The van der Waals surface area contributed by atoms with Crippen molar-refractivity contribution in [1.29, 1.82) is 0 Å². The predicted molar refractivity (Wildman–Crippen MR) is 50.1 cm³/mol. The third-order valence-corrected chi connectivity index (χ3v) is 3.12. The van der Waals surface area contributed by atoms with Crippen LogP contribution in [0.1, 0.15) is 31.1 Å². The lowest BCUT2D eigenvalue weighted by atomic mass is 9.96. The first-order valence-corrected chi connectivity index (χ1v) is 4.58. The van der Waals surface area contributed by atoms with Gasteiger partial charge in [-0.2, -0.15) is 0 Å². The lowest BCUT2D eigenvalue weighted by Crippen LogP contribution is -2.37. The monoisotopic (exact) mass is 164 g/mol. The van der Waals surface area contributed by atoms with Gasteiger partial charge in [0.2, 0.25) is 0 Å². The van der Waals surface area contributed by atoms with Crippen molar-refractivity contribution in [2.45, 2.75) is 32.4 Å². The number of nitrogens with zero attached hydrogens (tertiary/aromatic N) is 1. The van der Waals surface area contributed by atoms with Gasteiger partial charge in [-0.3, -0.25) is 4.90 Å². The van der Waals surface area contributed by atoms with Crippen LogP contribution in [0.2, 0.25) is 0 Å². The number of hydrogen-bond donors (Lipinski definition) is 1. The molecular formula is C10H16N2. The van der Waals surface area contributed by atoms with E-state index in [-0.39, 0.29) is 0 Å². The maximum Gasteiger partial charge on any atom is 0.0337 e. The summed E-state index contributed by atoms with van der Waals surface area (Å²) in [6.07, 6.45) is 3.20. The largest absolute Gasteiger partial charge is 0.365 e. The zero-order valence-corrected chi connectivity index (χ0v) is 7.96. The Labute approximate surface area is 73.6 Å². The molecule has 0 bridgehead atoms. The molecule has 0 aliphatic carbocycles. The third-order valence-electron chi connectivity index (χ3n) is 3.12. The highest BCUT2D eigenvalue weighted by Crippen LogP contribution is 2.30. The number of fused-ring (bicyclic) bond motifs is 1. The normalized spacial score (nSPS) is 30.2. The number of H-pyrrole nitrogens is 1. The molecule has 0 radical (unpaired) electrons. The second-order valence-corrected chi connectivity index (χ2v) is 3.81. The number of aromatic amines is 1. The first-order valence-electron chi connectivity index (χ1n) is 4.58. The van der Waals surface area contributed by atoms with E-state index in [1.807, 2.05) is 6.20 Å². The van der Waals surface area contributed by atoms with Crippen LogP contribution >= 0.6 is 0 Å². The Morgan fingerprint density at radius 1 is 1.50 bits per heavy atom. The summed E-state index contributed by atoms with van der Waals surface area (Å²) in [5, 5.41) is 0. The van der Waals surface area contributed by atoms with Gasteiger partial charge in [0, 0.05) is 30.4 Å². The van der Waals surface area contributed by atoms with E-state index in [0.717, 1.165) is 6.42 Å². The number of hydrogen-bond acceptors (Lipinski definition) is 1. The number of rotatable bonds is 0. The van der Waals surface area contributed by atoms with Gasteiger partial charge >= 0.3 is 0 Å². The van der Waals surface area contributed by atoms with Gasteiger partial charge in [0.25, 0.3) is 0 Å². The Balaban J connectivity index is 2.39. The molecule has 12 heavy (non-hydrogen) atoms. The van der Waals surface area contributed by atoms with Crippen LogP contribution in [0.3, 0.4) is 0 Å². The van der Waals surface area contributed by atoms with E-state index in [0.29, 0.717) is 12.1 Å². The Bertz CT molecular complexity index is 277. The van der Waals surface area contributed by atoms with Crippen molar-refractivity contribution in [2.75, 3.05) is 7.05 Å². The summed E-state index contributed by atoms with van der Waals surface area (Å²) in [5.41, 5.74) is 2.89. The molecule has 0 amide bonds. The Morgan fingerprint density at radius 2 is 2.25 bits per heavy atom. The lowest BCUT2D eigenvalue weighted by Gasteiger charge is -2.35. The standard InChI is InChI=1S/C10H16N2/c1-7-6-10-9(4-5-11-10)8(2)12(7)3/h4-5,7-8,11H,6H2,1-3H3/t7-,8+/m1/s1. The smallest absolute Gasteiger partial charge is 0.0337 e. The molecule has 0 aromatic carbocycles. The van der Waals surface area contributed by atoms with E-state index >= 15 is 0 Å². The Kier molecular flexibility index (Phi) is 1.72. The summed E-state index contributed by atoms with van der Waals surface area (Å²) >= 11 is 0. The van der Waals surface area contributed by atoms with Crippen LogP contribution in [0.5, 0.6) is 0 Å². The van der Waals surface area contributed by atoms with Gasteiger partial charge in [-0.05, 0) is 32.5 Å². The highest BCUT2D eigenvalue weighted by atomic mass is 15.2. The molecule has 0 saturated carbocycles. The average Bonchev–Trinajstić information content (AvgIpc) is 2.48. The molecule has 0 saturated heterocycles.